The van der Waals surface area contributed by atoms with Gasteiger partial charge in [-0.3, -0.25) is 0 Å². The molecule has 0 heterocycles. The molecule has 1 aromatic rings. The van der Waals surface area contributed by atoms with Gasteiger partial charge in [-0.15, -0.1) is 0 Å². The van der Waals surface area contributed by atoms with Crippen LogP contribution in [0.1, 0.15) is 49.7 Å². The molecule has 5 nitrogen and oxygen atoms in total. The molecule has 0 radical (unpaired) electrons. The standard InChI is InChI=1S/C21H30O5/c1-15(2)21(23)26-13-12-25-20-14-16(3)4-9-19(20)17-5-7-18(8-6-17)24-11-10-22/h4,9,14,17-18,22H,1,5-8,10-13H2,2-3H3. The summed E-state index contributed by atoms with van der Waals surface area (Å²) in [7, 11) is 0. The fourth-order valence-electron chi connectivity index (χ4n) is 3.27. The quantitative estimate of drug-likeness (QED) is 0.414. The number of aliphatic hydroxyl groups is 1. The van der Waals surface area contributed by atoms with Gasteiger partial charge < -0.3 is 19.3 Å². The summed E-state index contributed by atoms with van der Waals surface area (Å²) in [6.45, 7) is 8.25. The van der Waals surface area contributed by atoms with Crippen molar-refractivity contribution in [3.05, 3.63) is 41.5 Å². The number of aliphatic hydroxyl groups excluding tert-OH is 1. The second-order valence-corrected chi connectivity index (χ2v) is 6.87. The van der Waals surface area contributed by atoms with Crippen molar-refractivity contribution in [2.75, 3.05) is 26.4 Å². The van der Waals surface area contributed by atoms with Crippen LogP contribution in [-0.2, 0) is 14.3 Å². The van der Waals surface area contributed by atoms with E-state index < -0.39 is 0 Å². The molecule has 1 N–H and O–H groups in total. The van der Waals surface area contributed by atoms with E-state index in [1.807, 2.05) is 13.0 Å². The average molecular weight is 362 g/mol. The molecule has 26 heavy (non-hydrogen) atoms. The van der Waals surface area contributed by atoms with Crippen LogP contribution < -0.4 is 4.74 Å². The molecule has 0 bridgehead atoms. The Balaban J connectivity index is 1.91. The van der Waals surface area contributed by atoms with Crippen molar-refractivity contribution in [3.8, 4) is 5.75 Å². The molecule has 2 rings (SSSR count). The van der Waals surface area contributed by atoms with E-state index in [-0.39, 0.29) is 25.3 Å². The number of esters is 1. The van der Waals surface area contributed by atoms with Crippen LogP contribution in [0.25, 0.3) is 0 Å². The fraction of sp³-hybridized carbons (Fsp3) is 0.571. The first-order valence-corrected chi connectivity index (χ1v) is 9.29. The molecule has 0 spiro atoms. The van der Waals surface area contributed by atoms with E-state index >= 15 is 0 Å². The molecule has 5 heteroatoms. The zero-order chi connectivity index (χ0) is 18.9. The third kappa shape index (κ3) is 6.15. The van der Waals surface area contributed by atoms with Crippen molar-refractivity contribution < 1.29 is 24.1 Å². The largest absolute Gasteiger partial charge is 0.490 e. The Bertz CT molecular complexity index is 602. The summed E-state index contributed by atoms with van der Waals surface area (Å²) in [5.41, 5.74) is 2.74. The van der Waals surface area contributed by atoms with Gasteiger partial charge in [-0.1, -0.05) is 18.7 Å². The lowest BCUT2D eigenvalue weighted by Gasteiger charge is -2.29. The first-order chi connectivity index (χ1) is 12.5. The zero-order valence-electron chi connectivity index (χ0n) is 15.8. The predicted octanol–water partition coefficient (Wildman–Crippen LogP) is 3.53. The Morgan fingerprint density at radius 2 is 1.92 bits per heavy atom. The summed E-state index contributed by atoms with van der Waals surface area (Å²) < 4.78 is 16.7. The minimum absolute atomic E-state index is 0.0752. The molecule has 0 aliphatic heterocycles. The molecule has 1 aliphatic rings. The highest BCUT2D eigenvalue weighted by Gasteiger charge is 2.25. The van der Waals surface area contributed by atoms with Crippen LogP contribution in [-0.4, -0.2) is 43.6 Å². The monoisotopic (exact) mass is 362 g/mol. The van der Waals surface area contributed by atoms with Gasteiger partial charge in [0.1, 0.15) is 19.0 Å². The van der Waals surface area contributed by atoms with Crippen LogP contribution in [0.2, 0.25) is 0 Å². The summed E-state index contributed by atoms with van der Waals surface area (Å²) in [5.74, 6) is 0.924. The molecule has 0 atom stereocenters. The van der Waals surface area contributed by atoms with Crippen LogP contribution in [0.3, 0.4) is 0 Å². The van der Waals surface area contributed by atoms with Gasteiger partial charge in [-0.2, -0.15) is 0 Å². The maximum Gasteiger partial charge on any atom is 0.333 e. The molecule has 0 amide bonds. The minimum Gasteiger partial charge on any atom is -0.490 e. The molecule has 1 fully saturated rings. The molecule has 1 aliphatic carbocycles. The van der Waals surface area contributed by atoms with Crippen LogP contribution in [0, 0.1) is 6.92 Å². The number of hydrogen-bond acceptors (Lipinski definition) is 5. The number of ether oxygens (including phenoxy) is 3. The number of aryl methyl sites for hydroxylation is 1. The van der Waals surface area contributed by atoms with Crippen LogP contribution in [0.4, 0.5) is 0 Å². The lowest BCUT2D eigenvalue weighted by Crippen LogP contribution is -2.22. The lowest BCUT2D eigenvalue weighted by atomic mass is 9.82. The summed E-state index contributed by atoms with van der Waals surface area (Å²) >= 11 is 0. The summed E-state index contributed by atoms with van der Waals surface area (Å²) in [6.07, 6.45) is 4.32. The summed E-state index contributed by atoms with van der Waals surface area (Å²) in [6, 6.07) is 6.30. The third-order valence-corrected chi connectivity index (χ3v) is 4.65. The topological polar surface area (TPSA) is 65.0 Å². The molecular formula is C21H30O5. The van der Waals surface area contributed by atoms with E-state index in [2.05, 4.69) is 18.7 Å². The average Bonchev–Trinajstić information content (AvgIpc) is 2.64. The van der Waals surface area contributed by atoms with Crippen molar-refractivity contribution in [1.29, 1.82) is 0 Å². The van der Waals surface area contributed by atoms with Gasteiger partial charge >= 0.3 is 5.97 Å². The minimum atomic E-state index is -0.390. The molecule has 144 valence electrons. The molecule has 1 aromatic carbocycles. The van der Waals surface area contributed by atoms with Crippen molar-refractivity contribution in [3.63, 3.8) is 0 Å². The first kappa shape index (κ1) is 20.5. The van der Waals surface area contributed by atoms with Crippen LogP contribution in [0.15, 0.2) is 30.4 Å². The molecule has 0 saturated heterocycles. The van der Waals surface area contributed by atoms with E-state index in [9.17, 15) is 4.79 Å². The second-order valence-electron chi connectivity index (χ2n) is 6.87. The number of hydrogen-bond donors (Lipinski definition) is 1. The normalized spacial score (nSPS) is 19.8. The Kier molecular flexibility index (Phi) is 8.13. The smallest absolute Gasteiger partial charge is 0.333 e. The first-order valence-electron chi connectivity index (χ1n) is 9.29. The Hall–Kier alpha value is -1.85. The maximum absolute atomic E-state index is 11.4. The van der Waals surface area contributed by atoms with E-state index in [0.29, 0.717) is 24.7 Å². The highest BCUT2D eigenvalue weighted by molar-refractivity contribution is 5.86. The second kappa shape index (κ2) is 10.3. The Morgan fingerprint density at radius 1 is 1.19 bits per heavy atom. The van der Waals surface area contributed by atoms with Gasteiger partial charge in [0, 0.05) is 5.57 Å². The fourth-order valence-corrected chi connectivity index (χ4v) is 3.27. The van der Waals surface area contributed by atoms with Gasteiger partial charge in [0.25, 0.3) is 0 Å². The van der Waals surface area contributed by atoms with Crippen LogP contribution in [0.5, 0.6) is 5.75 Å². The molecule has 0 aromatic heterocycles. The highest BCUT2D eigenvalue weighted by atomic mass is 16.6. The van der Waals surface area contributed by atoms with Gasteiger partial charge in [0.15, 0.2) is 0 Å². The molecule has 1 saturated carbocycles. The van der Waals surface area contributed by atoms with Crippen molar-refractivity contribution in [1.82, 2.24) is 0 Å². The van der Waals surface area contributed by atoms with Crippen molar-refractivity contribution >= 4 is 5.97 Å². The van der Waals surface area contributed by atoms with Crippen molar-refractivity contribution in [2.24, 2.45) is 0 Å². The van der Waals surface area contributed by atoms with Gasteiger partial charge in [0.05, 0.1) is 19.3 Å². The number of benzene rings is 1. The summed E-state index contributed by atoms with van der Waals surface area (Å²) in [5, 5.41) is 8.88. The Morgan fingerprint density at radius 3 is 2.58 bits per heavy atom. The van der Waals surface area contributed by atoms with Crippen LogP contribution >= 0.6 is 0 Å². The van der Waals surface area contributed by atoms with Gasteiger partial charge in [-0.05, 0) is 62.6 Å². The molecular weight excluding hydrogens is 332 g/mol. The third-order valence-electron chi connectivity index (χ3n) is 4.65. The zero-order valence-corrected chi connectivity index (χ0v) is 15.8. The summed E-state index contributed by atoms with van der Waals surface area (Å²) in [4.78, 5) is 11.4. The van der Waals surface area contributed by atoms with Crippen molar-refractivity contribution in [2.45, 2.75) is 51.6 Å². The van der Waals surface area contributed by atoms with E-state index in [0.717, 1.165) is 37.0 Å². The lowest BCUT2D eigenvalue weighted by molar-refractivity contribution is -0.139. The molecule has 0 unspecified atom stereocenters. The number of rotatable bonds is 9. The number of carbonyl (C=O) groups is 1. The van der Waals surface area contributed by atoms with Gasteiger partial charge in [0.2, 0.25) is 0 Å². The highest BCUT2D eigenvalue weighted by Crippen LogP contribution is 2.38. The Labute approximate surface area is 156 Å². The predicted molar refractivity (Wildman–Crippen MR) is 100 cm³/mol. The van der Waals surface area contributed by atoms with Gasteiger partial charge in [-0.25, -0.2) is 4.79 Å². The van der Waals surface area contributed by atoms with E-state index in [1.54, 1.807) is 6.92 Å². The van der Waals surface area contributed by atoms with E-state index in [1.165, 1.54) is 5.56 Å². The maximum atomic E-state index is 11.4. The number of carbonyl (C=O) groups excluding carboxylic acids is 1. The SMILES string of the molecule is C=C(C)C(=O)OCCOc1cc(C)ccc1C1CCC(OCCO)CC1. The van der Waals surface area contributed by atoms with E-state index in [4.69, 9.17) is 19.3 Å².